The van der Waals surface area contributed by atoms with Crippen molar-refractivity contribution in [3.05, 3.63) is 0 Å². The topological polar surface area (TPSA) is 34.1 Å². The van der Waals surface area contributed by atoms with Gasteiger partial charge in [0.05, 0.1) is 0 Å². The van der Waals surface area contributed by atoms with E-state index >= 15 is 0 Å². The third-order valence-corrected chi connectivity index (χ3v) is 4.79. The average Bonchev–Trinajstić information content (AvgIpc) is 2.56. The summed E-state index contributed by atoms with van der Waals surface area (Å²) in [6.07, 6.45) is 6.06. The van der Waals surface area contributed by atoms with Crippen LogP contribution in [0, 0.1) is 23.2 Å². The summed E-state index contributed by atoms with van der Waals surface area (Å²) >= 11 is 0. The highest BCUT2D eigenvalue weighted by molar-refractivity contribution is 5.83. The monoisotopic (exact) mass is 208 g/mol. The van der Waals surface area contributed by atoms with E-state index in [9.17, 15) is 9.59 Å². The Labute approximate surface area is 91.4 Å². The van der Waals surface area contributed by atoms with Gasteiger partial charge in [-0.25, -0.2) is 0 Å². The van der Waals surface area contributed by atoms with Crippen LogP contribution in [0.3, 0.4) is 0 Å². The summed E-state index contributed by atoms with van der Waals surface area (Å²) in [6, 6.07) is 0. The number of rotatable bonds is 2. The van der Waals surface area contributed by atoms with Crippen molar-refractivity contribution in [1.29, 1.82) is 0 Å². The van der Waals surface area contributed by atoms with E-state index in [0.717, 1.165) is 38.4 Å². The van der Waals surface area contributed by atoms with Crippen LogP contribution in [0.15, 0.2) is 0 Å². The van der Waals surface area contributed by atoms with Gasteiger partial charge in [0.25, 0.3) is 0 Å². The van der Waals surface area contributed by atoms with Gasteiger partial charge in [-0.1, -0.05) is 13.8 Å². The highest BCUT2D eigenvalue weighted by Gasteiger charge is 2.52. The maximum absolute atomic E-state index is 11.8. The smallest absolute Gasteiger partial charge is 0.136 e. The van der Waals surface area contributed by atoms with E-state index in [-0.39, 0.29) is 17.3 Å². The fourth-order valence-electron chi connectivity index (χ4n) is 3.93. The Morgan fingerprint density at radius 3 is 2.87 bits per heavy atom. The molecule has 2 fully saturated rings. The van der Waals surface area contributed by atoms with Crippen LogP contribution in [0.1, 0.15) is 46.0 Å². The van der Waals surface area contributed by atoms with Gasteiger partial charge in [-0.05, 0) is 37.0 Å². The Hall–Kier alpha value is -0.660. The van der Waals surface area contributed by atoms with E-state index in [1.54, 1.807) is 0 Å². The van der Waals surface area contributed by atoms with Crippen LogP contribution >= 0.6 is 0 Å². The van der Waals surface area contributed by atoms with Gasteiger partial charge in [-0.2, -0.15) is 0 Å². The van der Waals surface area contributed by atoms with Gasteiger partial charge < -0.3 is 4.79 Å². The van der Waals surface area contributed by atoms with Crippen LogP contribution < -0.4 is 0 Å². The van der Waals surface area contributed by atoms with Gasteiger partial charge in [0, 0.05) is 18.3 Å². The van der Waals surface area contributed by atoms with Crippen molar-refractivity contribution in [3.8, 4) is 0 Å². The van der Waals surface area contributed by atoms with Crippen molar-refractivity contribution in [3.63, 3.8) is 0 Å². The van der Waals surface area contributed by atoms with Crippen molar-refractivity contribution >= 4 is 12.1 Å². The molecule has 0 saturated heterocycles. The molecule has 0 unspecified atom stereocenters. The van der Waals surface area contributed by atoms with Gasteiger partial charge in [0.1, 0.15) is 12.1 Å². The second-order valence-corrected chi connectivity index (χ2v) is 5.56. The molecule has 2 heteroatoms. The van der Waals surface area contributed by atoms with Crippen LogP contribution in [-0.2, 0) is 9.59 Å². The standard InChI is InChI=1S/C13H20O2/c1-9(8-14)10-5-6-11-12(15)4-3-7-13(10,11)2/h8-11H,3-7H2,1-2H3/t9-,10+,11-,13+/m0/s1. The van der Waals surface area contributed by atoms with Crippen molar-refractivity contribution < 1.29 is 9.59 Å². The molecule has 84 valence electrons. The lowest BCUT2D eigenvalue weighted by Crippen LogP contribution is -2.39. The maximum Gasteiger partial charge on any atom is 0.136 e. The molecule has 0 bridgehead atoms. The molecule has 2 aliphatic rings. The first-order chi connectivity index (χ1) is 7.09. The predicted molar refractivity (Wildman–Crippen MR) is 58.4 cm³/mol. The molecule has 2 saturated carbocycles. The SMILES string of the molecule is C[C@@H](C=O)[C@H]1CC[C@H]2C(=O)CCC[C@]12C. The predicted octanol–water partition coefficient (Wildman–Crippen LogP) is 2.61. The molecule has 0 aromatic rings. The van der Waals surface area contributed by atoms with Crippen molar-refractivity contribution in [2.24, 2.45) is 23.2 Å². The number of Topliss-reactive ketones (excluding diaryl/α,β-unsaturated/α-hetero) is 1. The van der Waals surface area contributed by atoms with Gasteiger partial charge in [0.15, 0.2) is 0 Å². The second-order valence-electron chi connectivity index (χ2n) is 5.56. The van der Waals surface area contributed by atoms with Crippen molar-refractivity contribution in [1.82, 2.24) is 0 Å². The molecule has 4 atom stereocenters. The Bertz CT molecular complexity index is 284. The van der Waals surface area contributed by atoms with Crippen LogP contribution in [0.4, 0.5) is 0 Å². The Morgan fingerprint density at radius 1 is 1.47 bits per heavy atom. The van der Waals surface area contributed by atoms with Gasteiger partial charge >= 0.3 is 0 Å². The van der Waals surface area contributed by atoms with Crippen LogP contribution in [0.5, 0.6) is 0 Å². The summed E-state index contributed by atoms with van der Waals surface area (Å²) < 4.78 is 0. The van der Waals surface area contributed by atoms with E-state index in [2.05, 4.69) is 6.92 Å². The number of ketones is 1. The third-order valence-electron chi connectivity index (χ3n) is 4.79. The zero-order valence-corrected chi connectivity index (χ0v) is 9.66. The first-order valence-electron chi connectivity index (χ1n) is 6.07. The highest BCUT2D eigenvalue weighted by Crippen LogP contribution is 2.56. The molecule has 0 N–H and O–H groups in total. The lowest BCUT2D eigenvalue weighted by atomic mass is 9.62. The fourth-order valence-corrected chi connectivity index (χ4v) is 3.93. The molecule has 0 aromatic heterocycles. The summed E-state index contributed by atoms with van der Waals surface area (Å²) in [5, 5.41) is 0. The molecule has 2 aliphatic carbocycles. The molecule has 0 spiro atoms. The summed E-state index contributed by atoms with van der Waals surface area (Å²) in [4.78, 5) is 22.8. The molecule has 0 aliphatic heterocycles. The third kappa shape index (κ3) is 1.54. The molecule has 2 rings (SSSR count). The van der Waals surface area contributed by atoms with Crippen LogP contribution in [-0.4, -0.2) is 12.1 Å². The molecule has 0 radical (unpaired) electrons. The van der Waals surface area contributed by atoms with E-state index in [1.165, 1.54) is 0 Å². The zero-order chi connectivity index (χ0) is 11.1. The van der Waals surface area contributed by atoms with E-state index < -0.39 is 0 Å². The number of carbonyl (C=O) groups is 2. The number of carbonyl (C=O) groups excluding carboxylic acids is 2. The lowest BCUT2D eigenvalue weighted by Gasteiger charge is -2.41. The van der Waals surface area contributed by atoms with Crippen LogP contribution in [0.2, 0.25) is 0 Å². The fraction of sp³-hybridized carbons (Fsp3) is 0.846. The van der Waals surface area contributed by atoms with Crippen LogP contribution in [0.25, 0.3) is 0 Å². The molecule has 2 nitrogen and oxygen atoms in total. The summed E-state index contributed by atoms with van der Waals surface area (Å²) in [5.41, 5.74) is 0.121. The summed E-state index contributed by atoms with van der Waals surface area (Å²) in [5.74, 6) is 1.25. The first-order valence-corrected chi connectivity index (χ1v) is 6.07. The first kappa shape index (κ1) is 10.8. The number of aldehydes is 1. The minimum absolute atomic E-state index is 0.117. The largest absolute Gasteiger partial charge is 0.303 e. The Morgan fingerprint density at radius 2 is 2.20 bits per heavy atom. The van der Waals surface area contributed by atoms with Gasteiger partial charge in [-0.3, -0.25) is 4.79 Å². The molecule has 0 aromatic carbocycles. The van der Waals surface area contributed by atoms with E-state index in [4.69, 9.17) is 0 Å². The summed E-state index contributed by atoms with van der Waals surface area (Å²) in [6.45, 7) is 4.23. The Kier molecular flexibility index (Phi) is 2.70. The number of fused-ring (bicyclic) bond motifs is 1. The Balaban J connectivity index is 2.24. The van der Waals surface area contributed by atoms with Crippen molar-refractivity contribution in [2.45, 2.75) is 46.0 Å². The molecule has 0 heterocycles. The minimum Gasteiger partial charge on any atom is -0.303 e. The molecular weight excluding hydrogens is 188 g/mol. The van der Waals surface area contributed by atoms with E-state index in [0.29, 0.717) is 11.7 Å². The maximum atomic E-state index is 11.8. The van der Waals surface area contributed by atoms with Gasteiger partial charge in [0.2, 0.25) is 0 Å². The van der Waals surface area contributed by atoms with Gasteiger partial charge in [-0.15, -0.1) is 0 Å². The normalized spacial score (nSPS) is 42.4. The molecule has 0 amide bonds. The summed E-state index contributed by atoms with van der Waals surface area (Å²) in [7, 11) is 0. The number of hydrogen-bond acceptors (Lipinski definition) is 2. The zero-order valence-electron chi connectivity index (χ0n) is 9.66. The van der Waals surface area contributed by atoms with E-state index in [1.807, 2.05) is 6.92 Å². The second kappa shape index (κ2) is 3.73. The minimum atomic E-state index is 0.117. The van der Waals surface area contributed by atoms with Crippen molar-refractivity contribution in [2.75, 3.05) is 0 Å². The highest BCUT2D eigenvalue weighted by atomic mass is 16.1. The quantitative estimate of drug-likeness (QED) is 0.654. The molecular formula is C13H20O2. The lowest BCUT2D eigenvalue weighted by molar-refractivity contribution is -0.131. The number of hydrogen-bond donors (Lipinski definition) is 0. The molecule has 15 heavy (non-hydrogen) atoms. The average molecular weight is 208 g/mol.